The van der Waals surface area contributed by atoms with Crippen LogP contribution in [0.5, 0.6) is 17.2 Å². The van der Waals surface area contributed by atoms with Crippen LogP contribution in [-0.2, 0) is 11.2 Å². The van der Waals surface area contributed by atoms with Crippen molar-refractivity contribution < 1.29 is 23.7 Å². The first kappa shape index (κ1) is 17.9. The zero-order valence-electron chi connectivity index (χ0n) is 13.9. The number of methoxy groups -OCH3 is 3. The van der Waals surface area contributed by atoms with Crippen molar-refractivity contribution in [1.29, 1.82) is 0 Å². The second kappa shape index (κ2) is 9.02. The van der Waals surface area contributed by atoms with Gasteiger partial charge < -0.3 is 24.3 Å². The van der Waals surface area contributed by atoms with Gasteiger partial charge in [-0.15, -0.1) is 0 Å². The van der Waals surface area contributed by atoms with Crippen LogP contribution in [-0.4, -0.2) is 40.6 Å². The highest BCUT2D eigenvalue weighted by Gasteiger charge is 2.13. The molecule has 0 aliphatic rings. The minimum absolute atomic E-state index is 0.320. The van der Waals surface area contributed by atoms with E-state index in [4.69, 9.17) is 18.9 Å². The average Bonchev–Trinajstić information content (AvgIpc) is 2.51. The minimum atomic E-state index is -0.402. The van der Waals surface area contributed by atoms with Gasteiger partial charge in [-0.1, -0.05) is 13.8 Å². The van der Waals surface area contributed by atoms with E-state index in [-0.39, 0.29) is 0 Å². The van der Waals surface area contributed by atoms with Crippen LogP contribution in [0.4, 0.5) is 4.79 Å². The van der Waals surface area contributed by atoms with Crippen molar-refractivity contribution in [3.63, 3.8) is 0 Å². The summed E-state index contributed by atoms with van der Waals surface area (Å²) in [6.45, 7) is 4.86. The second-order valence-corrected chi connectivity index (χ2v) is 5.20. The Kier molecular flexibility index (Phi) is 7.36. The summed E-state index contributed by atoms with van der Waals surface area (Å²) in [6.07, 6.45) is 0.231. The third-order valence-corrected chi connectivity index (χ3v) is 2.96. The van der Waals surface area contributed by atoms with Crippen molar-refractivity contribution >= 4 is 6.09 Å². The monoisotopic (exact) mass is 311 g/mol. The third kappa shape index (κ3) is 5.35. The fourth-order valence-electron chi connectivity index (χ4n) is 1.88. The van der Waals surface area contributed by atoms with Gasteiger partial charge in [-0.2, -0.15) is 0 Å². The zero-order valence-corrected chi connectivity index (χ0v) is 13.9. The first-order valence-corrected chi connectivity index (χ1v) is 7.21. The van der Waals surface area contributed by atoms with Crippen molar-refractivity contribution in [3.05, 3.63) is 17.7 Å². The van der Waals surface area contributed by atoms with Gasteiger partial charge in [-0.05, 0) is 30.0 Å². The van der Waals surface area contributed by atoms with Crippen LogP contribution in [0.2, 0.25) is 0 Å². The molecule has 0 saturated heterocycles. The normalized spacial score (nSPS) is 10.3. The van der Waals surface area contributed by atoms with Crippen molar-refractivity contribution in [1.82, 2.24) is 5.32 Å². The summed E-state index contributed by atoms with van der Waals surface area (Å²) in [5.41, 5.74) is 0.971. The smallest absolute Gasteiger partial charge is 0.407 e. The van der Waals surface area contributed by atoms with E-state index in [9.17, 15) is 4.79 Å². The largest absolute Gasteiger partial charge is 0.493 e. The van der Waals surface area contributed by atoms with Crippen LogP contribution in [0.3, 0.4) is 0 Å². The van der Waals surface area contributed by atoms with Crippen LogP contribution in [0.1, 0.15) is 19.4 Å². The molecule has 124 valence electrons. The lowest BCUT2D eigenvalue weighted by Crippen LogP contribution is -2.27. The van der Waals surface area contributed by atoms with Crippen LogP contribution in [0, 0.1) is 5.92 Å². The Labute approximate surface area is 131 Å². The number of alkyl carbamates (subject to hydrolysis) is 1. The number of carbonyl (C=O) groups excluding carboxylic acids is 1. The van der Waals surface area contributed by atoms with Gasteiger partial charge in [-0.3, -0.25) is 0 Å². The highest BCUT2D eigenvalue weighted by molar-refractivity contribution is 5.67. The topological polar surface area (TPSA) is 66.0 Å². The lowest BCUT2D eigenvalue weighted by Gasteiger charge is -2.14. The number of amides is 1. The van der Waals surface area contributed by atoms with Gasteiger partial charge in [-0.25, -0.2) is 4.79 Å². The van der Waals surface area contributed by atoms with Crippen molar-refractivity contribution in [3.8, 4) is 17.2 Å². The molecular weight excluding hydrogens is 286 g/mol. The molecule has 1 aromatic carbocycles. The fraction of sp³-hybridized carbons (Fsp3) is 0.562. The Morgan fingerprint density at radius 2 is 1.68 bits per heavy atom. The molecule has 6 heteroatoms. The molecule has 6 nitrogen and oxygen atoms in total. The summed E-state index contributed by atoms with van der Waals surface area (Å²) in [5.74, 6) is 2.07. The van der Waals surface area contributed by atoms with E-state index in [2.05, 4.69) is 5.32 Å². The van der Waals surface area contributed by atoms with Crippen LogP contribution >= 0.6 is 0 Å². The van der Waals surface area contributed by atoms with Crippen molar-refractivity contribution in [2.24, 2.45) is 5.92 Å². The van der Waals surface area contributed by atoms with Crippen molar-refractivity contribution in [2.75, 3.05) is 34.5 Å². The quantitative estimate of drug-likeness (QED) is 0.799. The Morgan fingerprint density at radius 3 is 2.14 bits per heavy atom. The number of hydrogen-bond donors (Lipinski definition) is 1. The summed E-state index contributed by atoms with van der Waals surface area (Å²) >= 11 is 0. The van der Waals surface area contributed by atoms with Gasteiger partial charge in [0.1, 0.15) is 0 Å². The number of ether oxygens (including phenoxy) is 4. The molecule has 0 aromatic heterocycles. The van der Waals surface area contributed by atoms with E-state index in [1.165, 1.54) is 0 Å². The molecule has 0 radical (unpaired) electrons. The molecular formula is C16H25NO5. The number of hydrogen-bond acceptors (Lipinski definition) is 5. The second-order valence-electron chi connectivity index (χ2n) is 5.20. The van der Waals surface area contributed by atoms with E-state index in [1.54, 1.807) is 21.3 Å². The van der Waals surface area contributed by atoms with Crippen LogP contribution < -0.4 is 19.5 Å². The predicted molar refractivity (Wildman–Crippen MR) is 84.0 cm³/mol. The number of benzene rings is 1. The molecule has 22 heavy (non-hydrogen) atoms. The van der Waals surface area contributed by atoms with E-state index in [1.807, 2.05) is 26.0 Å². The van der Waals surface area contributed by atoms with E-state index in [0.29, 0.717) is 42.7 Å². The molecule has 0 unspecified atom stereocenters. The molecule has 1 N–H and O–H groups in total. The van der Waals surface area contributed by atoms with Crippen LogP contribution in [0.15, 0.2) is 12.1 Å². The molecule has 0 heterocycles. The van der Waals surface area contributed by atoms with E-state index >= 15 is 0 Å². The Hall–Kier alpha value is -2.11. The summed E-state index contributed by atoms with van der Waals surface area (Å²) in [5, 5.41) is 2.72. The van der Waals surface area contributed by atoms with Gasteiger partial charge >= 0.3 is 6.09 Å². The van der Waals surface area contributed by atoms with Gasteiger partial charge in [0.15, 0.2) is 11.5 Å². The third-order valence-electron chi connectivity index (χ3n) is 2.96. The molecule has 0 aliphatic carbocycles. The van der Waals surface area contributed by atoms with Gasteiger partial charge in [0, 0.05) is 6.54 Å². The number of carbonyl (C=O) groups is 1. The Balaban J connectivity index is 2.61. The molecule has 1 aromatic rings. The predicted octanol–water partition coefficient (Wildman–Crippen LogP) is 2.64. The highest BCUT2D eigenvalue weighted by atomic mass is 16.5. The molecule has 0 saturated carbocycles. The zero-order chi connectivity index (χ0) is 16.5. The lowest BCUT2D eigenvalue weighted by atomic mass is 10.1. The Bertz CT molecular complexity index is 462. The minimum Gasteiger partial charge on any atom is -0.493 e. The maximum atomic E-state index is 11.5. The molecule has 0 spiro atoms. The average molecular weight is 311 g/mol. The summed E-state index contributed by atoms with van der Waals surface area (Å²) in [6, 6.07) is 3.73. The van der Waals surface area contributed by atoms with E-state index in [0.717, 1.165) is 5.56 Å². The molecule has 1 amide bonds. The summed E-state index contributed by atoms with van der Waals surface area (Å²) in [4.78, 5) is 11.5. The summed E-state index contributed by atoms with van der Waals surface area (Å²) < 4.78 is 20.9. The summed E-state index contributed by atoms with van der Waals surface area (Å²) in [7, 11) is 4.71. The van der Waals surface area contributed by atoms with Crippen molar-refractivity contribution in [2.45, 2.75) is 20.3 Å². The fourth-order valence-corrected chi connectivity index (χ4v) is 1.88. The maximum absolute atomic E-state index is 11.5. The highest BCUT2D eigenvalue weighted by Crippen LogP contribution is 2.38. The molecule has 0 fully saturated rings. The molecule has 0 bridgehead atoms. The SMILES string of the molecule is COc1cc(CCNC(=O)OCC(C)C)cc(OC)c1OC. The standard InChI is InChI=1S/C16H25NO5/c1-11(2)10-22-16(18)17-7-6-12-8-13(19-3)15(21-5)14(9-12)20-4/h8-9,11H,6-7,10H2,1-5H3,(H,17,18). The Morgan fingerprint density at radius 1 is 1.09 bits per heavy atom. The van der Waals surface area contributed by atoms with Gasteiger partial charge in [0.05, 0.1) is 27.9 Å². The number of rotatable bonds is 8. The number of nitrogens with one attached hydrogen (secondary N) is 1. The van der Waals surface area contributed by atoms with Crippen LogP contribution in [0.25, 0.3) is 0 Å². The molecule has 0 aliphatic heterocycles. The van der Waals surface area contributed by atoms with Gasteiger partial charge in [0.2, 0.25) is 5.75 Å². The molecule has 1 rings (SSSR count). The van der Waals surface area contributed by atoms with E-state index < -0.39 is 6.09 Å². The first-order chi connectivity index (χ1) is 10.5. The maximum Gasteiger partial charge on any atom is 0.407 e. The lowest BCUT2D eigenvalue weighted by molar-refractivity contribution is 0.133. The molecule has 0 atom stereocenters. The van der Waals surface area contributed by atoms with Gasteiger partial charge in [0.25, 0.3) is 0 Å². The first-order valence-electron chi connectivity index (χ1n) is 7.21.